The summed E-state index contributed by atoms with van der Waals surface area (Å²) in [4.78, 5) is 0. The normalized spacial score (nSPS) is 10.8. The summed E-state index contributed by atoms with van der Waals surface area (Å²) >= 11 is 0. The molecule has 0 spiro atoms. The van der Waals surface area contributed by atoms with Crippen LogP contribution in [-0.4, -0.2) is 5.16 Å². The van der Waals surface area contributed by atoms with E-state index in [1.807, 2.05) is 18.2 Å². The van der Waals surface area contributed by atoms with Gasteiger partial charge in [-0.3, -0.25) is 0 Å². The minimum Gasteiger partial charge on any atom is -0.368 e. The van der Waals surface area contributed by atoms with Crippen molar-refractivity contribution in [1.82, 2.24) is 5.16 Å². The molecule has 2 N–H and O–H groups in total. The zero-order chi connectivity index (χ0) is 11.0. The predicted octanol–water partition coefficient (Wildman–Crippen LogP) is 3.08. The highest BCUT2D eigenvalue weighted by Gasteiger charge is 2.04. The summed E-state index contributed by atoms with van der Waals surface area (Å²) in [5, 5.41) is 6.29. The van der Waals surface area contributed by atoms with Gasteiger partial charge in [0, 0.05) is 11.6 Å². The van der Waals surface area contributed by atoms with E-state index >= 15 is 0 Å². The van der Waals surface area contributed by atoms with Crippen LogP contribution in [0.15, 0.2) is 53.1 Å². The van der Waals surface area contributed by atoms with Crippen molar-refractivity contribution in [2.45, 2.75) is 0 Å². The van der Waals surface area contributed by atoms with Gasteiger partial charge in [0.1, 0.15) is 5.69 Å². The standard InChI is InChI=1S/C13H10N2O/c14-13-8-12(15-16-13)11-6-5-9-3-1-2-4-10(9)7-11/h1-8H,14H2. The third-order valence-electron chi connectivity index (χ3n) is 2.57. The van der Waals surface area contributed by atoms with E-state index in [4.69, 9.17) is 10.3 Å². The van der Waals surface area contributed by atoms with E-state index in [0.717, 1.165) is 11.3 Å². The number of benzene rings is 2. The van der Waals surface area contributed by atoms with E-state index in [9.17, 15) is 0 Å². The summed E-state index contributed by atoms with van der Waals surface area (Å²) in [7, 11) is 0. The smallest absolute Gasteiger partial charge is 0.222 e. The summed E-state index contributed by atoms with van der Waals surface area (Å²) in [6, 6.07) is 16.1. The third-order valence-corrected chi connectivity index (χ3v) is 2.57. The molecule has 0 saturated heterocycles. The van der Waals surface area contributed by atoms with Gasteiger partial charge in [-0.15, -0.1) is 0 Å². The Balaban J connectivity index is 2.18. The lowest BCUT2D eigenvalue weighted by Crippen LogP contribution is -1.78. The van der Waals surface area contributed by atoms with E-state index in [2.05, 4.69) is 29.4 Å². The zero-order valence-corrected chi connectivity index (χ0v) is 8.55. The van der Waals surface area contributed by atoms with E-state index in [1.165, 1.54) is 10.8 Å². The first-order valence-electron chi connectivity index (χ1n) is 5.04. The van der Waals surface area contributed by atoms with Crippen molar-refractivity contribution >= 4 is 16.7 Å². The summed E-state index contributed by atoms with van der Waals surface area (Å²) in [6.07, 6.45) is 0. The van der Waals surface area contributed by atoms with E-state index in [0.29, 0.717) is 5.88 Å². The highest BCUT2D eigenvalue weighted by atomic mass is 16.5. The molecule has 0 fully saturated rings. The van der Waals surface area contributed by atoms with Gasteiger partial charge in [0.15, 0.2) is 0 Å². The van der Waals surface area contributed by atoms with Gasteiger partial charge in [-0.05, 0) is 16.8 Å². The maximum Gasteiger partial charge on any atom is 0.222 e. The second-order valence-electron chi connectivity index (χ2n) is 3.68. The molecule has 0 unspecified atom stereocenters. The van der Waals surface area contributed by atoms with Gasteiger partial charge in [-0.2, -0.15) is 0 Å². The predicted molar refractivity (Wildman–Crippen MR) is 63.9 cm³/mol. The van der Waals surface area contributed by atoms with Crippen molar-refractivity contribution in [3.63, 3.8) is 0 Å². The van der Waals surface area contributed by atoms with Crippen LogP contribution in [0.2, 0.25) is 0 Å². The molecule has 3 heteroatoms. The van der Waals surface area contributed by atoms with Crippen molar-refractivity contribution < 1.29 is 4.52 Å². The minimum absolute atomic E-state index is 0.336. The molecule has 0 aliphatic rings. The molecule has 0 aliphatic carbocycles. The topological polar surface area (TPSA) is 52.0 Å². The molecule has 1 heterocycles. The second kappa shape index (κ2) is 3.38. The lowest BCUT2D eigenvalue weighted by Gasteiger charge is -1.99. The summed E-state index contributed by atoms with van der Waals surface area (Å²) in [5.74, 6) is 0.336. The lowest BCUT2D eigenvalue weighted by molar-refractivity contribution is 0.439. The van der Waals surface area contributed by atoms with Gasteiger partial charge in [0.2, 0.25) is 5.88 Å². The van der Waals surface area contributed by atoms with Crippen molar-refractivity contribution in [2.75, 3.05) is 5.73 Å². The largest absolute Gasteiger partial charge is 0.368 e. The van der Waals surface area contributed by atoms with Gasteiger partial charge in [0.05, 0.1) is 0 Å². The van der Waals surface area contributed by atoms with E-state index < -0.39 is 0 Å². The average molecular weight is 210 g/mol. The van der Waals surface area contributed by atoms with Crippen LogP contribution >= 0.6 is 0 Å². The highest BCUT2D eigenvalue weighted by Crippen LogP contribution is 2.24. The molecule has 0 bridgehead atoms. The summed E-state index contributed by atoms with van der Waals surface area (Å²) < 4.78 is 4.86. The number of anilines is 1. The van der Waals surface area contributed by atoms with Crippen molar-refractivity contribution in [3.8, 4) is 11.3 Å². The monoisotopic (exact) mass is 210 g/mol. The molecular formula is C13H10N2O. The van der Waals surface area contributed by atoms with E-state index in [1.54, 1.807) is 6.07 Å². The van der Waals surface area contributed by atoms with Crippen LogP contribution in [0.25, 0.3) is 22.0 Å². The van der Waals surface area contributed by atoms with Crippen molar-refractivity contribution in [1.29, 1.82) is 0 Å². The van der Waals surface area contributed by atoms with Gasteiger partial charge in [-0.25, -0.2) is 0 Å². The maximum atomic E-state index is 5.50. The minimum atomic E-state index is 0.336. The highest BCUT2D eigenvalue weighted by molar-refractivity contribution is 5.86. The number of hydrogen-bond donors (Lipinski definition) is 1. The van der Waals surface area contributed by atoms with Crippen LogP contribution in [0, 0.1) is 0 Å². The Kier molecular flexibility index (Phi) is 1.90. The van der Waals surface area contributed by atoms with Gasteiger partial charge < -0.3 is 10.3 Å². The van der Waals surface area contributed by atoms with Crippen LogP contribution in [0.3, 0.4) is 0 Å². The maximum absolute atomic E-state index is 5.50. The number of nitrogens with two attached hydrogens (primary N) is 1. The second-order valence-corrected chi connectivity index (χ2v) is 3.68. The van der Waals surface area contributed by atoms with Gasteiger partial charge in [0.25, 0.3) is 0 Å². The fourth-order valence-corrected chi connectivity index (χ4v) is 1.77. The Bertz CT molecular complexity index is 643. The molecule has 0 radical (unpaired) electrons. The molecular weight excluding hydrogens is 200 g/mol. The molecule has 2 aromatic carbocycles. The molecule has 78 valence electrons. The first-order valence-corrected chi connectivity index (χ1v) is 5.04. The quantitative estimate of drug-likeness (QED) is 0.671. The Morgan fingerprint density at radius 2 is 1.75 bits per heavy atom. The molecule has 1 aromatic heterocycles. The number of hydrogen-bond acceptors (Lipinski definition) is 3. The Hall–Kier alpha value is -2.29. The Morgan fingerprint density at radius 3 is 2.50 bits per heavy atom. The van der Waals surface area contributed by atoms with Crippen LogP contribution in [0.4, 0.5) is 5.88 Å². The number of nitrogens with zero attached hydrogens (tertiary/aromatic N) is 1. The molecule has 3 aromatic rings. The lowest BCUT2D eigenvalue weighted by atomic mass is 10.1. The van der Waals surface area contributed by atoms with Gasteiger partial charge >= 0.3 is 0 Å². The first-order chi connectivity index (χ1) is 7.83. The number of nitrogen functional groups attached to an aromatic ring is 1. The average Bonchev–Trinajstić information content (AvgIpc) is 2.75. The van der Waals surface area contributed by atoms with Crippen molar-refractivity contribution in [3.05, 3.63) is 48.5 Å². The molecule has 0 atom stereocenters. The van der Waals surface area contributed by atoms with Crippen LogP contribution in [0.1, 0.15) is 0 Å². The fourth-order valence-electron chi connectivity index (χ4n) is 1.77. The molecule has 3 rings (SSSR count). The molecule has 0 aliphatic heterocycles. The SMILES string of the molecule is Nc1cc(-c2ccc3ccccc3c2)no1. The van der Waals surface area contributed by atoms with Crippen LogP contribution in [-0.2, 0) is 0 Å². The summed E-state index contributed by atoms with van der Waals surface area (Å²) in [5.41, 5.74) is 7.28. The number of rotatable bonds is 1. The van der Waals surface area contributed by atoms with Crippen LogP contribution in [0.5, 0.6) is 0 Å². The molecule has 0 saturated carbocycles. The van der Waals surface area contributed by atoms with Gasteiger partial charge in [-0.1, -0.05) is 41.6 Å². The molecule has 0 amide bonds. The van der Waals surface area contributed by atoms with E-state index in [-0.39, 0.29) is 0 Å². The number of fused-ring (bicyclic) bond motifs is 1. The third kappa shape index (κ3) is 1.42. The molecule has 16 heavy (non-hydrogen) atoms. The zero-order valence-electron chi connectivity index (χ0n) is 8.55. The fraction of sp³-hybridized carbons (Fsp3) is 0. The summed E-state index contributed by atoms with van der Waals surface area (Å²) in [6.45, 7) is 0. The van der Waals surface area contributed by atoms with Crippen molar-refractivity contribution in [2.24, 2.45) is 0 Å². The van der Waals surface area contributed by atoms with Crippen LogP contribution < -0.4 is 5.73 Å². The Labute approximate surface area is 92.5 Å². The molecule has 3 nitrogen and oxygen atoms in total. The first kappa shape index (κ1) is 8.97. The number of aromatic nitrogens is 1. The Morgan fingerprint density at radius 1 is 0.938 bits per heavy atom.